The van der Waals surface area contributed by atoms with Crippen molar-refractivity contribution in [2.45, 2.75) is 4.90 Å². The van der Waals surface area contributed by atoms with Crippen LogP contribution in [0, 0.1) is 0 Å². The number of amides is 1. The van der Waals surface area contributed by atoms with Gasteiger partial charge in [-0.15, -0.1) is 0 Å². The topological polar surface area (TPSA) is 75.7 Å². The Morgan fingerprint density at radius 1 is 1.24 bits per heavy atom. The molecule has 0 radical (unpaired) electrons. The third-order valence-corrected chi connectivity index (χ3v) is 5.40. The summed E-state index contributed by atoms with van der Waals surface area (Å²) in [6.07, 6.45) is 1.15. The molecule has 1 aliphatic rings. The fraction of sp³-hybridized carbons (Fsp3) is 0.235. The summed E-state index contributed by atoms with van der Waals surface area (Å²) in [7, 11) is -3.25. The monoisotopic (exact) mass is 424 g/mol. The predicted molar refractivity (Wildman–Crippen MR) is 100 cm³/mol. The van der Waals surface area contributed by atoms with E-state index in [1.54, 1.807) is 12.1 Å². The van der Waals surface area contributed by atoms with Gasteiger partial charge in [0.25, 0.3) is 0 Å². The molecule has 0 bridgehead atoms. The first kappa shape index (κ1) is 17.8. The molecule has 0 saturated carbocycles. The average Bonchev–Trinajstić information content (AvgIpc) is 2.55. The molecule has 8 heteroatoms. The third-order valence-electron chi connectivity index (χ3n) is 3.78. The molecule has 25 heavy (non-hydrogen) atoms. The fourth-order valence-corrected chi connectivity index (χ4v) is 3.55. The van der Waals surface area contributed by atoms with Crippen LogP contribution in [0.1, 0.15) is 0 Å². The number of hydrogen-bond donors (Lipinski definition) is 1. The van der Waals surface area contributed by atoms with Gasteiger partial charge in [-0.2, -0.15) is 0 Å². The van der Waals surface area contributed by atoms with E-state index < -0.39 is 9.84 Å². The first-order valence-corrected chi connectivity index (χ1v) is 10.3. The highest BCUT2D eigenvalue weighted by atomic mass is 79.9. The minimum absolute atomic E-state index is 0.181. The summed E-state index contributed by atoms with van der Waals surface area (Å²) >= 11 is 3.43. The van der Waals surface area contributed by atoms with Gasteiger partial charge in [0.15, 0.2) is 9.84 Å². The highest BCUT2D eigenvalue weighted by Crippen LogP contribution is 2.33. The summed E-state index contributed by atoms with van der Waals surface area (Å²) in [5.41, 5.74) is 1.42. The Morgan fingerprint density at radius 3 is 2.64 bits per heavy atom. The molecule has 1 aliphatic heterocycles. The molecule has 1 N–H and O–H groups in total. The molecule has 3 rings (SSSR count). The van der Waals surface area contributed by atoms with E-state index in [1.807, 2.05) is 23.1 Å². The third kappa shape index (κ3) is 4.32. The van der Waals surface area contributed by atoms with Crippen molar-refractivity contribution >= 4 is 43.0 Å². The second-order valence-electron chi connectivity index (χ2n) is 5.73. The van der Waals surface area contributed by atoms with Gasteiger partial charge >= 0.3 is 0 Å². The largest absolute Gasteiger partial charge is 0.490 e. The maximum atomic E-state index is 12.3. The molecule has 0 unspecified atom stereocenters. The zero-order chi connectivity index (χ0) is 18.0. The van der Waals surface area contributed by atoms with Crippen molar-refractivity contribution in [1.29, 1.82) is 0 Å². The first-order chi connectivity index (χ1) is 11.8. The van der Waals surface area contributed by atoms with E-state index in [-0.39, 0.29) is 17.3 Å². The van der Waals surface area contributed by atoms with E-state index >= 15 is 0 Å². The molecular weight excluding hydrogens is 408 g/mol. The van der Waals surface area contributed by atoms with Crippen molar-refractivity contribution in [3.8, 4) is 5.75 Å². The fourth-order valence-electron chi connectivity index (χ4n) is 2.57. The summed E-state index contributed by atoms with van der Waals surface area (Å²) in [5, 5.41) is 2.79. The number of benzene rings is 2. The molecule has 1 amide bonds. The summed E-state index contributed by atoms with van der Waals surface area (Å²) in [5.74, 6) is 0.569. The molecule has 2 aromatic rings. The van der Waals surface area contributed by atoms with Gasteiger partial charge in [0.05, 0.1) is 23.7 Å². The van der Waals surface area contributed by atoms with Gasteiger partial charge in [0.1, 0.15) is 12.4 Å². The highest BCUT2D eigenvalue weighted by molar-refractivity contribution is 9.10. The number of ether oxygens (including phenoxy) is 1. The van der Waals surface area contributed by atoms with Crippen molar-refractivity contribution in [2.24, 2.45) is 0 Å². The van der Waals surface area contributed by atoms with Gasteiger partial charge in [-0.05, 0) is 42.5 Å². The summed E-state index contributed by atoms with van der Waals surface area (Å²) < 4.78 is 29.4. The van der Waals surface area contributed by atoms with Crippen LogP contribution in [0.5, 0.6) is 5.75 Å². The molecule has 0 fully saturated rings. The smallest absolute Gasteiger partial charge is 0.243 e. The van der Waals surface area contributed by atoms with Crippen LogP contribution >= 0.6 is 15.9 Å². The van der Waals surface area contributed by atoms with Gasteiger partial charge in [-0.1, -0.05) is 15.9 Å². The van der Waals surface area contributed by atoms with E-state index in [9.17, 15) is 13.2 Å². The van der Waals surface area contributed by atoms with Crippen LogP contribution in [0.15, 0.2) is 51.8 Å². The first-order valence-electron chi connectivity index (χ1n) is 7.60. The standard InChI is InChI=1S/C17H17BrN2O4S/c1-25(22,23)14-5-3-13(4-6-14)19-17(21)11-20-8-9-24-16-7-2-12(18)10-15(16)20/h2-7,10H,8-9,11H2,1H3,(H,19,21). The Kier molecular flexibility index (Phi) is 5.01. The normalized spacial score (nSPS) is 13.8. The second-order valence-corrected chi connectivity index (χ2v) is 8.66. The Labute approximate surface area is 154 Å². The number of carbonyl (C=O) groups is 1. The molecule has 0 spiro atoms. The van der Waals surface area contributed by atoms with Crippen LogP contribution in [-0.4, -0.2) is 40.3 Å². The zero-order valence-corrected chi connectivity index (χ0v) is 15.9. The molecule has 2 aromatic carbocycles. The minimum atomic E-state index is -3.25. The maximum Gasteiger partial charge on any atom is 0.243 e. The average molecular weight is 425 g/mol. The van der Waals surface area contributed by atoms with Crippen molar-refractivity contribution in [1.82, 2.24) is 0 Å². The van der Waals surface area contributed by atoms with Crippen molar-refractivity contribution in [3.05, 3.63) is 46.9 Å². The summed E-state index contributed by atoms with van der Waals surface area (Å²) in [6.45, 7) is 1.31. The van der Waals surface area contributed by atoms with Gasteiger partial charge < -0.3 is 15.0 Å². The van der Waals surface area contributed by atoms with Gasteiger partial charge in [-0.3, -0.25) is 4.79 Å². The van der Waals surface area contributed by atoms with E-state index in [0.29, 0.717) is 18.8 Å². The lowest BCUT2D eigenvalue weighted by Crippen LogP contribution is -2.38. The number of sulfone groups is 1. The van der Waals surface area contributed by atoms with Crippen molar-refractivity contribution < 1.29 is 17.9 Å². The van der Waals surface area contributed by atoms with E-state index in [1.165, 1.54) is 12.1 Å². The summed E-state index contributed by atoms with van der Waals surface area (Å²) in [4.78, 5) is 14.5. The van der Waals surface area contributed by atoms with Crippen LogP contribution in [0.3, 0.4) is 0 Å². The second kappa shape index (κ2) is 7.05. The predicted octanol–water partition coefficient (Wildman–Crippen LogP) is 2.69. The molecule has 0 atom stereocenters. The lowest BCUT2D eigenvalue weighted by Gasteiger charge is -2.30. The number of nitrogens with zero attached hydrogens (tertiary/aromatic N) is 1. The molecule has 0 aromatic heterocycles. The van der Waals surface area contributed by atoms with E-state index in [2.05, 4.69) is 21.2 Å². The minimum Gasteiger partial charge on any atom is -0.490 e. The lowest BCUT2D eigenvalue weighted by molar-refractivity contribution is -0.115. The Morgan fingerprint density at radius 2 is 1.96 bits per heavy atom. The highest BCUT2D eigenvalue weighted by Gasteiger charge is 2.20. The molecule has 0 saturated heterocycles. The SMILES string of the molecule is CS(=O)(=O)c1ccc(NC(=O)CN2CCOc3ccc(Br)cc32)cc1. The van der Waals surface area contributed by atoms with Crippen LogP contribution < -0.4 is 15.0 Å². The summed E-state index contributed by atoms with van der Waals surface area (Å²) in [6, 6.07) is 11.8. The number of fused-ring (bicyclic) bond motifs is 1. The van der Waals surface area contributed by atoms with Crippen molar-refractivity contribution in [2.75, 3.05) is 36.2 Å². The number of hydrogen-bond acceptors (Lipinski definition) is 5. The molecule has 132 valence electrons. The van der Waals surface area contributed by atoms with Crippen LogP contribution in [-0.2, 0) is 14.6 Å². The van der Waals surface area contributed by atoms with Gasteiger partial charge in [-0.25, -0.2) is 8.42 Å². The molecular formula is C17H17BrN2O4S. The Hall–Kier alpha value is -2.06. The van der Waals surface area contributed by atoms with Gasteiger partial charge in [0.2, 0.25) is 5.91 Å². The quantitative estimate of drug-likeness (QED) is 0.816. The van der Waals surface area contributed by atoms with Crippen molar-refractivity contribution in [3.63, 3.8) is 0 Å². The van der Waals surface area contributed by atoms with E-state index in [0.717, 1.165) is 22.2 Å². The van der Waals surface area contributed by atoms with Crippen LogP contribution in [0.4, 0.5) is 11.4 Å². The molecule has 6 nitrogen and oxygen atoms in total. The number of nitrogens with one attached hydrogen (secondary N) is 1. The van der Waals surface area contributed by atoms with Crippen LogP contribution in [0.25, 0.3) is 0 Å². The Bertz CT molecular complexity index is 897. The zero-order valence-electron chi connectivity index (χ0n) is 13.5. The molecule has 1 heterocycles. The Balaban J connectivity index is 1.69. The number of carbonyl (C=O) groups excluding carboxylic acids is 1. The maximum absolute atomic E-state index is 12.3. The number of anilines is 2. The number of halogens is 1. The molecule has 0 aliphatic carbocycles. The van der Waals surface area contributed by atoms with Crippen LogP contribution in [0.2, 0.25) is 0 Å². The van der Waals surface area contributed by atoms with Gasteiger partial charge in [0, 0.05) is 16.4 Å². The number of rotatable bonds is 4. The van der Waals surface area contributed by atoms with E-state index in [4.69, 9.17) is 4.74 Å². The lowest BCUT2D eigenvalue weighted by atomic mass is 10.2.